The van der Waals surface area contributed by atoms with Crippen molar-refractivity contribution in [3.8, 4) is 0 Å². The summed E-state index contributed by atoms with van der Waals surface area (Å²) in [6.07, 6.45) is -0.0231. The van der Waals surface area contributed by atoms with Crippen molar-refractivity contribution in [2.75, 3.05) is 12.3 Å². The molecule has 0 saturated heterocycles. The Kier molecular flexibility index (Phi) is 6.22. The van der Waals surface area contributed by atoms with Crippen molar-refractivity contribution in [2.45, 2.75) is 20.3 Å². The largest absolute Gasteiger partial charge is 0.356 e. The smallest absolute Gasteiger partial charge is 0.216 e. The predicted octanol–water partition coefficient (Wildman–Crippen LogP) is 0.361. The molecule has 0 heterocycles. The first-order valence-electron chi connectivity index (χ1n) is 3.92. The summed E-state index contributed by atoms with van der Waals surface area (Å²) in [7, 11) is 0. The number of Topliss-reactive ketones (excluding diaryl/α,β-unsaturated/α-hetero) is 1. The fourth-order valence-electron chi connectivity index (χ4n) is 0.646. The number of nitrogens with one attached hydrogen (secondary N) is 1. The Balaban J connectivity index is 3.37. The Labute approximate surface area is 81.5 Å². The van der Waals surface area contributed by atoms with Gasteiger partial charge in [0.1, 0.15) is 5.78 Å². The minimum atomic E-state index is -0.141. The van der Waals surface area contributed by atoms with Gasteiger partial charge in [-0.25, -0.2) is 0 Å². The number of rotatable bonds is 5. The van der Waals surface area contributed by atoms with Crippen LogP contribution < -0.4 is 5.32 Å². The first-order chi connectivity index (χ1) is 6.02. The lowest BCUT2D eigenvalue weighted by Gasteiger charge is -1.99. The number of carbonyl (C=O) groups is 3. The SMILES string of the molecule is CC(=O)NCCSC(=O)[13CH2][13C](C)=O. The second kappa shape index (κ2) is 6.65. The normalized spacial score (nSPS) is 9.38. The number of ketones is 1. The van der Waals surface area contributed by atoms with E-state index in [0.717, 1.165) is 11.8 Å². The van der Waals surface area contributed by atoms with Gasteiger partial charge in [0.05, 0.1) is 6.42 Å². The molecule has 5 heteroatoms. The van der Waals surface area contributed by atoms with Crippen LogP contribution in [0.1, 0.15) is 20.3 Å². The zero-order valence-corrected chi connectivity index (χ0v) is 8.57. The van der Waals surface area contributed by atoms with Gasteiger partial charge in [0.2, 0.25) is 5.91 Å². The van der Waals surface area contributed by atoms with Crippen LogP contribution >= 0.6 is 11.8 Å². The van der Waals surface area contributed by atoms with Gasteiger partial charge in [-0.2, -0.15) is 0 Å². The number of thioether (sulfide) groups is 1. The monoisotopic (exact) mass is 205 g/mol. The van der Waals surface area contributed by atoms with Crippen molar-refractivity contribution in [3.05, 3.63) is 0 Å². The summed E-state index contributed by atoms with van der Waals surface area (Å²) in [6, 6.07) is 0. The first-order valence-corrected chi connectivity index (χ1v) is 4.90. The molecule has 0 fully saturated rings. The van der Waals surface area contributed by atoms with E-state index in [2.05, 4.69) is 5.32 Å². The Hall–Kier alpha value is -0.840. The molecular formula is C8H13NO3S. The summed E-state index contributed by atoms with van der Waals surface area (Å²) in [5, 5.41) is 2.42. The van der Waals surface area contributed by atoms with Crippen LogP contribution in [0.2, 0.25) is 0 Å². The van der Waals surface area contributed by atoms with Gasteiger partial charge in [-0.1, -0.05) is 11.8 Å². The second-order valence-corrected chi connectivity index (χ2v) is 3.73. The van der Waals surface area contributed by atoms with Crippen LogP contribution in [0.5, 0.6) is 0 Å². The van der Waals surface area contributed by atoms with Crippen molar-refractivity contribution in [3.63, 3.8) is 0 Å². The molecule has 0 spiro atoms. The van der Waals surface area contributed by atoms with E-state index >= 15 is 0 Å². The van der Waals surface area contributed by atoms with Gasteiger partial charge < -0.3 is 5.32 Å². The fraction of sp³-hybridized carbons (Fsp3) is 0.625. The molecule has 4 nitrogen and oxygen atoms in total. The molecule has 74 valence electrons. The quantitative estimate of drug-likeness (QED) is 0.400. The fourth-order valence-corrected chi connectivity index (χ4v) is 1.38. The maximum Gasteiger partial charge on any atom is 0.216 e. The average Bonchev–Trinajstić information content (AvgIpc) is 1.96. The number of carbonyl (C=O) groups excluding carboxylic acids is 3. The van der Waals surface area contributed by atoms with Crippen LogP contribution in [0.3, 0.4) is 0 Å². The molecule has 0 radical (unpaired) electrons. The molecule has 13 heavy (non-hydrogen) atoms. The maximum absolute atomic E-state index is 10.9. The molecule has 1 N–H and O–H groups in total. The van der Waals surface area contributed by atoms with Crippen molar-refractivity contribution >= 4 is 28.6 Å². The number of hydrogen-bond acceptors (Lipinski definition) is 4. The van der Waals surface area contributed by atoms with Gasteiger partial charge in [-0.15, -0.1) is 0 Å². The van der Waals surface area contributed by atoms with E-state index < -0.39 is 0 Å². The van der Waals surface area contributed by atoms with Crippen LogP contribution in [0.15, 0.2) is 0 Å². The molecule has 0 rings (SSSR count). The van der Waals surface area contributed by atoms with Crippen molar-refractivity contribution in [2.24, 2.45) is 0 Å². The predicted molar refractivity (Wildman–Crippen MR) is 51.4 cm³/mol. The highest BCUT2D eigenvalue weighted by atomic mass is 32.2. The summed E-state index contributed by atoms with van der Waals surface area (Å²) in [4.78, 5) is 31.8. The van der Waals surface area contributed by atoms with Gasteiger partial charge in [-0.05, 0) is 6.92 Å². The van der Waals surface area contributed by atoms with Crippen LogP contribution in [0.25, 0.3) is 0 Å². The van der Waals surface area contributed by atoms with E-state index in [1.165, 1.54) is 13.8 Å². The number of amides is 1. The van der Waals surface area contributed by atoms with Crippen molar-refractivity contribution < 1.29 is 14.4 Å². The highest BCUT2D eigenvalue weighted by molar-refractivity contribution is 8.13. The van der Waals surface area contributed by atoms with Crippen LogP contribution in [0.4, 0.5) is 0 Å². The number of hydrogen-bond donors (Lipinski definition) is 1. The second-order valence-electron chi connectivity index (χ2n) is 2.58. The standard InChI is InChI=1S/C8H13NO3S/c1-6(10)5-8(12)13-4-3-9-7(2)11/h3-5H2,1-2H3,(H,9,11)/i5+1,6+1. The zero-order valence-electron chi connectivity index (χ0n) is 7.75. The van der Waals surface area contributed by atoms with Crippen LogP contribution in [-0.2, 0) is 14.4 Å². The lowest BCUT2D eigenvalue weighted by molar-refractivity contribution is -0.122. The van der Waals surface area contributed by atoms with Crippen molar-refractivity contribution in [1.29, 1.82) is 0 Å². The molecule has 0 aliphatic rings. The third kappa shape index (κ3) is 9.07. The lowest BCUT2D eigenvalue weighted by Crippen LogP contribution is -2.22. The average molecular weight is 205 g/mol. The Bertz CT molecular complexity index is 215. The van der Waals surface area contributed by atoms with Crippen LogP contribution in [0, 0.1) is 0 Å². The minimum absolute atomic E-state index is 0.0231. The topological polar surface area (TPSA) is 63.2 Å². The molecule has 0 aromatic heterocycles. The molecule has 0 unspecified atom stereocenters. The molecule has 0 atom stereocenters. The summed E-state index contributed by atoms with van der Waals surface area (Å²) >= 11 is 1.07. The Morgan fingerprint density at radius 1 is 1.23 bits per heavy atom. The molecule has 0 bridgehead atoms. The Morgan fingerprint density at radius 3 is 2.31 bits per heavy atom. The zero-order chi connectivity index (χ0) is 10.3. The molecule has 0 aromatic rings. The van der Waals surface area contributed by atoms with E-state index in [1.807, 2.05) is 0 Å². The van der Waals surface area contributed by atoms with E-state index in [4.69, 9.17) is 0 Å². The molecule has 0 saturated carbocycles. The summed E-state index contributed by atoms with van der Waals surface area (Å²) < 4.78 is 0. The van der Waals surface area contributed by atoms with Gasteiger partial charge in [0, 0.05) is 19.2 Å². The highest BCUT2D eigenvalue weighted by Gasteiger charge is 2.05. The van der Waals surface area contributed by atoms with E-state index in [9.17, 15) is 14.4 Å². The Morgan fingerprint density at radius 2 is 1.85 bits per heavy atom. The summed E-state index contributed by atoms with van der Waals surface area (Å²) in [5.41, 5.74) is 0. The third-order valence-corrected chi connectivity index (χ3v) is 2.01. The molecular weight excluding hydrogens is 192 g/mol. The third-order valence-electron chi connectivity index (χ3n) is 1.13. The van der Waals surface area contributed by atoms with E-state index in [0.29, 0.717) is 12.3 Å². The minimum Gasteiger partial charge on any atom is -0.356 e. The van der Waals surface area contributed by atoms with E-state index in [1.54, 1.807) is 0 Å². The summed E-state index contributed by atoms with van der Waals surface area (Å²) in [5.74, 6) is 0.280. The highest BCUT2D eigenvalue weighted by Crippen LogP contribution is 2.04. The first kappa shape index (κ1) is 12.2. The van der Waals surface area contributed by atoms with Gasteiger partial charge in [0.25, 0.3) is 0 Å². The van der Waals surface area contributed by atoms with E-state index in [-0.39, 0.29) is 23.2 Å². The van der Waals surface area contributed by atoms with Gasteiger partial charge in [0.15, 0.2) is 5.12 Å². The summed E-state index contributed by atoms with van der Waals surface area (Å²) in [6.45, 7) is 3.26. The van der Waals surface area contributed by atoms with Crippen molar-refractivity contribution in [1.82, 2.24) is 5.32 Å². The van der Waals surface area contributed by atoms with Gasteiger partial charge in [-0.3, -0.25) is 14.4 Å². The van der Waals surface area contributed by atoms with Gasteiger partial charge >= 0.3 is 0 Å². The molecule has 1 amide bonds. The van der Waals surface area contributed by atoms with Crippen LogP contribution in [-0.4, -0.2) is 29.1 Å². The maximum atomic E-state index is 10.9. The molecule has 0 aromatic carbocycles. The molecule has 0 aliphatic carbocycles. The molecule has 0 aliphatic heterocycles. The lowest BCUT2D eigenvalue weighted by atomic mass is 10.6.